The molecule has 0 aromatic rings. The zero-order valence-electron chi connectivity index (χ0n) is 6.98. The van der Waals surface area contributed by atoms with Gasteiger partial charge in [-0.05, 0) is 37.0 Å². The summed E-state index contributed by atoms with van der Waals surface area (Å²) in [6.07, 6.45) is 5.35. The Morgan fingerprint density at radius 2 is 1.60 bits per heavy atom. The van der Waals surface area contributed by atoms with Gasteiger partial charge in [0, 0.05) is 5.54 Å². The van der Waals surface area contributed by atoms with Crippen LogP contribution in [0.25, 0.3) is 0 Å². The zero-order chi connectivity index (χ0) is 7.41. The Morgan fingerprint density at radius 3 is 1.60 bits per heavy atom. The molecule has 0 saturated heterocycles. The summed E-state index contributed by atoms with van der Waals surface area (Å²) in [5, 5.41) is 0. The quantitative estimate of drug-likeness (QED) is 0.590. The number of fused-ring (bicyclic) bond motifs is 1. The minimum Gasteiger partial charge on any atom is -0.325 e. The second-order valence-electron chi connectivity index (χ2n) is 4.47. The summed E-state index contributed by atoms with van der Waals surface area (Å²) in [7, 11) is 0. The van der Waals surface area contributed by atoms with Crippen LogP contribution in [0.15, 0.2) is 0 Å². The van der Waals surface area contributed by atoms with E-state index in [9.17, 15) is 0 Å². The molecule has 0 unspecified atom stereocenters. The van der Waals surface area contributed by atoms with E-state index in [2.05, 4.69) is 13.8 Å². The maximum atomic E-state index is 6.19. The molecule has 0 spiro atoms. The van der Waals surface area contributed by atoms with Crippen LogP contribution in [0.2, 0.25) is 0 Å². The molecule has 0 aliphatic heterocycles. The highest BCUT2D eigenvalue weighted by Gasteiger charge is 2.64. The number of hydrogen-bond acceptors (Lipinski definition) is 1. The van der Waals surface area contributed by atoms with Crippen molar-refractivity contribution < 1.29 is 0 Å². The molecule has 1 heteroatoms. The molecule has 2 aliphatic carbocycles. The van der Waals surface area contributed by atoms with E-state index >= 15 is 0 Å². The summed E-state index contributed by atoms with van der Waals surface area (Å²) in [5.41, 5.74) is 7.04. The fourth-order valence-electron chi connectivity index (χ4n) is 2.94. The van der Waals surface area contributed by atoms with Gasteiger partial charge in [0.15, 0.2) is 0 Å². The number of nitrogens with two attached hydrogens (primary N) is 1. The van der Waals surface area contributed by atoms with E-state index in [4.69, 9.17) is 5.73 Å². The molecule has 0 aromatic heterocycles. The van der Waals surface area contributed by atoms with Gasteiger partial charge in [-0.15, -0.1) is 0 Å². The van der Waals surface area contributed by atoms with E-state index in [1.807, 2.05) is 0 Å². The Balaban J connectivity index is 2.18. The molecule has 2 saturated carbocycles. The van der Waals surface area contributed by atoms with E-state index in [0.717, 1.165) is 5.92 Å². The van der Waals surface area contributed by atoms with Crippen LogP contribution in [0.4, 0.5) is 0 Å². The standard InChI is InChI=1S/C9H17N/c1-7(2)8-3-5-9(8,10)6-4-8/h7H,3-6,10H2,1-2H3. The van der Waals surface area contributed by atoms with E-state index in [0.29, 0.717) is 5.41 Å². The van der Waals surface area contributed by atoms with Gasteiger partial charge in [0.05, 0.1) is 0 Å². The Kier molecular flexibility index (Phi) is 1.05. The summed E-state index contributed by atoms with van der Waals surface area (Å²) >= 11 is 0. The van der Waals surface area contributed by atoms with Crippen LogP contribution in [0, 0.1) is 11.3 Å². The lowest BCUT2D eigenvalue weighted by molar-refractivity contribution is -0.136. The fourth-order valence-corrected chi connectivity index (χ4v) is 2.94. The smallest absolute Gasteiger partial charge is 0.0214 e. The third-order valence-electron chi connectivity index (χ3n) is 4.13. The second-order valence-corrected chi connectivity index (χ2v) is 4.47. The van der Waals surface area contributed by atoms with E-state index in [1.54, 1.807) is 0 Å². The lowest BCUT2D eigenvalue weighted by Gasteiger charge is -2.68. The van der Waals surface area contributed by atoms with Gasteiger partial charge in [-0.1, -0.05) is 13.8 Å². The van der Waals surface area contributed by atoms with E-state index in [1.165, 1.54) is 25.7 Å². The molecule has 1 nitrogen and oxygen atoms in total. The Bertz CT molecular complexity index is 152. The molecule has 2 rings (SSSR count). The molecule has 58 valence electrons. The van der Waals surface area contributed by atoms with Gasteiger partial charge in [-0.2, -0.15) is 0 Å². The molecule has 0 radical (unpaired) electrons. The van der Waals surface area contributed by atoms with E-state index < -0.39 is 0 Å². The minimum atomic E-state index is 0.279. The average molecular weight is 139 g/mol. The molecular formula is C9H17N. The molecule has 0 bridgehead atoms. The molecule has 2 N–H and O–H groups in total. The Labute approximate surface area is 63.0 Å². The molecule has 0 heterocycles. The van der Waals surface area contributed by atoms with Gasteiger partial charge in [-0.3, -0.25) is 0 Å². The van der Waals surface area contributed by atoms with Gasteiger partial charge in [-0.25, -0.2) is 0 Å². The summed E-state index contributed by atoms with van der Waals surface area (Å²) < 4.78 is 0. The van der Waals surface area contributed by atoms with Crippen LogP contribution in [0.1, 0.15) is 39.5 Å². The highest BCUT2D eigenvalue weighted by Crippen LogP contribution is 2.66. The largest absolute Gasteiger partial charge is 0.325 e. The summed E-state index contributed by atoms with van der Waals surface area (Å²) in [4.78, 5) is 0. The Hall–Kier alpha value is -0.0400. The molecule has 0 amide bonds. The van der Waals surface area contributed by atoms with Crippen molar-refractivity contribution >= 4 is 0 Å². The molecule has 0 aromatic carbocycles. The first kappa shape index (κ1) is 6.66. The van der Waals surface area contributed by atoms with Gasteiger partial charge in [0.2, 0.25) is 0 Å². The van der Waals surface area contributed by atoms with Crippen LogP contribution in [-0.2, 0) is 0 Å². The van der Waals surface area contributed by atoms with Crippen LogP contribution >= 0.6 is 0 Å². The zero-order valence-corrected chi connectivity index (χ0v) is 6.98. The first-order valence-corrected chi connectivity index (χ1v) is 4.40. The molecule has 2 aliphatic rings. The van der Waals surface area contributed by atoms with Crippen molar-refractivity contribution in [3.05, 3.63) is 0 Å². The monoisotopic (exact) mass is 139 g/mol. The van der Waals surface area contributed by atoms with Gasteiger partial charge < -0.3 is 5.73 Å². The molecule has 0 atom stereocenters. The first-order chi connectivity index (χ1) is 4.61. The summed E-state index contributed by atoms with van der Waals surface area (Å²) in [5.74, 6) is 0.806. The predicted molar refractivity (Wildman–Crippen MR) is 42.7 cm³/mol. The van der Waals surface area contributed by atoms with E-state index in [-0.39, 0.29) is 5.54 Å². The van der Waals surface area contributed by atoms with Crippen molar-refractivity contribution in [1.82, 2.24) is 0 Å². The summed E-state index contributed by atoms with van der Waals surface area (Å²) in [6, 6.07) is 0. The number of hydrogen-bond donors (Lipinski definition) is 1. The molecule has 2 fully saturated rings. The van der Waals surface area contributed by atoms with Crippen molar-refractivity contribution in [2.75, 3.05) is 0 Å². The van der Waals surface area contributed by atoms with Crippen molar-refractivity contribution in [3.8, 4) is 0 Å². The third-order valence-corrected chi connectivity index (χ3v) is 4.13. The van der Waals surface area contributed by atoms with Gasteiger partial charge >= 0.3 is 0 Å². The van der Waals surface area contributed by atoms with Crippen LogP contribution < -0.4 is 5.73 Å². The average Bonchev–Trinajstić information content (AvgIpc) is 1.87. The van der Waals surface area contributed by atoms with Crippen molar-refractivity contribution in [2.24, 2.45) is 17.1 Å². The minimum absolute atomic E-state index is 0.279. The van der Waals surface area contributed by atoms with Crippen LogP contribution in [-0.4, -0.2) is 5.54 Å². The second kappa shape index (κ2) is 1.58. The van der Waals surface area contributed by atoms with Crippen molar-refractivity contribution in [3.63, 3.8) is 0 Å². The van der Waals surface area contributed by atoms with Crippen molar-refractivity contribution in [1.29, 1.82) is 0 Å². The molecule has 10 heavy (non-hydrogen) atoms. The predicted octanol–water partition coefficient (Wildman–Crippen LogP) is 1.91. The maximum Gasteiger partial charge on any atom is 0.0214 e. The normalized spacial score (nSPS) is 51.6. The highest BCUT2D eigenvalue weighted by atomic mass is 14.9. The van der Waals surface area contributed by atoms with Gasteiger partial charge in [0.1, 0.15) is 0 Å². The maximum absolute atomic E-state index is 6.19. The van der Waals surface area contributed by atoms with Crippen LogP contribution in [0.5, 0.6) is 0 Å². The SMILES string of the molecule is CC(C)C12CCC1(N)CC2. The first-order valence-electron chi connectivity index (χ1n) is 4.40. The fraction of sp³-hybridized carbons (Fsp3) is 1.00. The van der Waals surface area contributed by atoms with Crippen molar-refractivity contribution in [2.45, 2.75) is 45.1 Å². The third kappa shape index (κ3) is 0.460. The lowest BCUT2D eigenvalue weighted by atomic mass is 9.39. The lowest BCUT2D eigenvalue weighted by Crippen LogP contribution is -2.72. The number of rotatable bonds is 1. The topological polar surface area (TPSA) is 26.0 Å². The Morgan fingerprint density at radius 1 is 1.10 bits per heavy atom. The van der Waals surface area contributed by atoms with Gasteiger partial charge in [0.25, 0.3) is 0 Å². The van der Waals surface area contributed by atoms with Crippen LogP contribution in [0.3, 0.4) is 0 Å². The highest BCUT2D eigenvalue weighted by molar-refractivity contribution is 5.19. The molecular weight excluding hydrogens is 122 g/mol. The summed E-state index contributed by atoms with van der Waals surface area (Å²) in [6.45, 7) is 4.64.